The van der Waals surface area contributed by atoms with Crippen LogP contribution in [-0.4, -0.2) is 54.9 Å². The van der Waals surface area contributed by atoms with Crippen LogP contribution in [0, 0.1) is 11.8 Å². The van der Waals surface area contributed by atoms with Gasteiger partial charge in [0.1, 0.15) is 0 Å². The van der Waals surface area contributed by atoms with Crippen molar-refractivity contribution in [2.24, 2.45) is 11.8 Å². The summed E-state index contributed by atoms with van der Waals surface area (Å²) in [5, 5.41) is 15.2. The van der Waals surface area contributed by atoms with Crippen LogP contribution in [0.25, 0.3) is 0 Å². The molecule has 2 unspecified atom stereocenters. The number of hydrogen-bond acceptors (Lipinski definition) is 3. The zero-order chi connectivity index (χ0) is 16.2. The molecule has 126 valence electrons. The second-order valence-electron chi connectivity index (χ2n) is 7.32. The Morgan fingerprint density at radius 3 is 2.77 bits per heavy atom. The van der Waals surface area contributed by atoms with Gasteiger partial charge in [-0.2, -0.15) is 0 Å². The van der Waals surface area contributed by atoms with Crippen LogP contribution >= 0.6 is 0 Å². The second kappa shape index (κ2) is 7.47. The van der Waals surface area contributed by atoms with Gasteiger partial charge in [-0.1, -0.05) is 31.9 Å². The van der Waals surface area contributed by atoms with Gasteiger partial charge < -0.3 is 20.6 Å². The molecule has 0 heterocycles. The van der Waals surface area contributed by atoms with E-state index in [9.17, 15) is 4.79 Å². The van der Waals surface area contributed by atoms with Crippen molar-refractivity contribution in [3.63, 3.8) is 0 Å². The summed E-state index contributed by atoms with van der Waals surface area (Å²) >= 11 is 0. The van der Waals surface area contributed by atoms with E-state index >= 15 is 0 Å². The fourth-order valence-corrected chi connectivity index (χ4v) is 3.84. The molecule has 1 saturated carbocycles. The number of carbonyl (C=O) groups is 1. The summed E-state index contributed by atoms with van der Waals surface area (Å²) in [6.07, 6.45) is 9.54. The molecule has 4 atom stereocenters. The van der Waals surface area contributed by atoms with E-state index in [0.29, 0.717) is 12.5 Å². The van der Waals surface area contributed by atoms with Crippen LogP contribution < -0.4 is 10.6 Å². The maximum atomic E-state index is 12.1. The third-order valence-electron chi connectivity index (χ3n) is 5.32. The maximum absolute atomic E-state index is 12.1. The summed E-state index contributed by atoms with van der Waals surface area (Å²) in [5.41, 5.74) is 0.0775. The molecule has 3 N–H and O–H groups in total. The highest BCUT2D eigenvalue weighted by Crippen LogP contribution is 2.35. The topological polar surface area (TPSA) is 64.6 Å². The fraction of sp³-hybridized carbons (Fsp3) is 0.824. The average molecular weight is 309 g/mol. The molecule has 0 radical (unpaired) electrons. The third-order valence-corrected chi connectivity index (χ3v) is 5.32. The van der Waals surface area contributed by atoms with Gasteiger partial charge in [-0.05, 0) is 39.3 Å². The molecule has 0 saturated heterocycles. The highest BCUT2D eigenvalue weighted by atomic mass is 16.3. The summed E-state index contributed by atoms with van der Waals surface area (Å²) in [4.78, 5) is 14.4. The van der Waals surface area contributed by atoms with Crippen molar-refractivity contribution in [3.05, 3.63) is 12.2 Å². The smallest absolute Gasteiger partial charge is 0.315 e. The molecule has 2 amide bonds. The second-order valence-corrected chi connectivity index (χ2v) is 7.32. The van der Waals surface area contributed by atoms with Gasteiger partial charge in [0.2, 0.25) is 0 Å². The molecule has 2 aliphatic carbocycles. The lowest BCUT2D eigenvalue weighted by Crippen LogP contribution is -2.56. The SMILES string of the molecule is CC1CCCC(CNC(=O)N[C@@H]2C=C[C@H](CO)C2)(N(C)C)C1. The van der Waals surface area contributed by atoms with Gasteiger partial charge in [-0.15, -0.1) is 0 Å². The number of nitrogens with zero attached hydrogens (tertiary/aromatic N) is 1. The first-order valence-corrected chi connectivity index (χ1v) is 8.46. The van der Waals surface area contributed by atoms with Gasteiger partial charge in [0.15, 0.2) is 0 Å². The third kappa shape index (κ3) is 4.23. The Hall–Kier alpha value is -1.07. The maximum Gasteiger partial charge on any atom is 0.315 e. The molecule has 0 spiro atoms. The molecule has 1 fully saturated rings. The minimum Gasteiger partial charge on any atom is -0.396 e. The average Bonchev–Trinajstić information content (AvgIpc) is 2.92. The first kappa shape index (κ1) is 17.3. The number of urea groups is 1. The number of hydrogen-bond donors (Lipinski definition) is 3. The van der Waals surface area contributed by atoms with Gasteiger partial charge in [0.25, 0.3) is 0 Å². The van der Waals surface area contributed by atoms with E-state index in [1.165, 1.54) is 12.8 Å². The van der Waals surface area contributed by atoms with E-state index in [1.807, 2.05) is 12.2 Å². The number of rotatable bonds is 5. The van der Waals surface area contributed by atoms with E-state index < -0.39 is 0 Å². The molecule has 0 aromatic carbocycles. The van der Waals surface area contributed by atoms with Crippen LogP contribution in [0.1, 0.15) is 39.0 Å². The molecule has 0 aromatic rings. The number of likely N-dealkylation sites (N-methyl/N-ethyl adjacent to an activating group) is 1. The van der Waals surface area contributed by atoms with Crippen LogP contribution in [0.15, 0.2) is 12.2 Å². The normalized spacial score (nSPS) is 34.9. The Morgan fingerprint density at radius 2 is 2.18 bits per heavy atom. The number of carbonyl (C=O) groups excluding carboxylic acids is 1. The number of aliphatic hydroxyl groups excluding tert-OH is 1. The summed E-state index contributed by atoms with van der Waals surface area (Å²) in [6, 6.07) is -0.0644. The summed E-state index contributed by atoms with van der Waals surface area (Å²) in [7, 11) is 4.23. The highest BCUT2D eigenvalue weighted by Gasteiger charge is 2.37. The van der Waals surface area contributed by atoms with Crippen molar-refractivity contribution < 1.29 is 9.90 Å². The minimum atomic E-state index is -0.104. The Morgan fingerprint density at radius 1 is 1.41 bits per heavy atom. The van der Waals surface area contributed by atoms with Crippen molar-refractivity contribution in [2.75, 3.05) is 27.2 Å². The predicted molar refractivity (Wildman–Crippen MR) is 88.7 cm³/mol. The highest BCUT2D eigenvalue weighted by molar-refractivity contribution is 5.74. The lowest BCUT2D eigenvalue weighted by molar-refractivity contribution is 0.0772. The van der Waals surface area contributed by atoms with Crippen LogP contribution in [0.2, 0.25) is 0 Å². The number of nitrogens with one attached hydrogen (secondary N) is 2. The van der Waals surface area contributed by atoms with E-state index in [0.717, 1.165) is 19.3 Å². The lowest BCUT2D eigenvalue weighted by Gasteiger charge is -2.45. The van der Waals surface area contributed by atoms with Crippen molar-refractivity contribution in [3.8, 4) is 0 Å². The minimum absolute atomic E-state index is 0.0396. The number of amides is 2. The molecule has 0 aromatic heterocycles. The van der Waals surface area contributed by atoms with Crippen molar-refractivity contribution in [1.82, 2.24) is 15.5 Å². The van der Waals surface area contributed by atoms with E-state index in [4.69, 9.17) is 5.11 Å². The summed E-state index contributed by atoms with van der Waals surface area (Å²) in [5.74, 6) is 0.890. The Bertz CT molecular complexity index is 411. The van der Waals surface area contributed by atoms with Crippen molar-refractivity contribution in [2.45, 2.75) is 50.6 Å². The fourth-order valence-electron chi connectivity index (χ4n) is 3.84. The van der Waals surface area contributed by atoms with Crippen LogP contribution in [0.4, 0.5) is 4.79 Å². The van der Waals surface area contributed by atoms with Gasteiger partial charge in [-0.25, -0.2) is 4.79 Å². The van der Waals surface area contributed by atoms with Crippen LogP contribution in [0.5, 0.6) is 0 Å². The van der Waals surface area contributed by atoms with Crippen molar-refractivity contribution >= 4 is 6.03 Å². The van der Waals surface area contributed by atoms with Gasteiger partial charge in [0.05, 0.1) is 0 Å². The quantitative estimate of drug-likeness (QED) is 0.678. The first-order chi connectivity index (χ1) is 10.4. The Kier molecular flexibility index (Phi) is 5.87. The monoisotopic (exact) mass is 309 g/mol. The molecular formula is C17H31N3O2. The van der Waals surface area contributed by atoms with Gasteiger partial charge >= 0.3 is 6.03 Å². The van der Waals surface area contributed by atoms with E-state index in [2.05, 4.69) is 36.6 Å². The van der Waals surface area contributed by atoms with Gasteiger partial charge in [-0.3, -0.25) is 0 Å². The molecule has 0 aliphatic heterocycles. The summed E-state index contributed by atoms with van der Waals surface area (Å²) in [6.45, 7) is 3.14. The van der Waals surface area contributed by atoms with E-state index in [1.54, 1.807) is 0 Å². The molecule has 5 nitrogen and oxygen atoms in total. The molecule has 5 heteroatoms. The molecule has 2 aliphatic rings. The zero-order valence-electron chi connectivity index (χ0n) is 14.1. The van der Waals surface area contributed by atoms with E-state index in [-0.39, 0.29) is 30.1 Å². The zero-order valence-corrected chi connectivity index (χ0v) is 14.1. The first-order valence-electron chi connectivity index (χ1n) is 8.46. The standard InChI is InChI=1S/C17H31N3O2/c1-13-5-4-8-17(10-13,20(2)3)12-18-16(22)19-15-7-6-14(9-15)11-21/h6-7,13-15,21H,4-5,8-12H2,1-3H3,(H2,18,19,22)/t13?,14-,15+,17?/m0/s1. The number of aliphatic hydroxyl groups is 1. The molecular weight excluding hydrogens is 278 g/mol. The lowest BCUT2D eigenvalue weighted by atomic mass is 9.75. The van der Waals surface area contributed by atoms with Crippen LogP contribution in [0.3, 0.4) is 0 Å². The molecule has 22 heavy (non-hydrogen) atoms. The molecule has 2 rings (SSSR count). The largest absolute Gasteiger partial charge is 0.396 e. The summed E-state index contributed by atoms with van der Waals surface area (Å²) < 4.78 is 0. The Labute approximate surface area is 134 Å². The Balaban J connectivity index is 1.82. The molecule has 0 bridgehead atoms. The van der Waals surface area contributed by atoms with Crippen molar-refractivity contribution in [1.29, 1.82) is 0 Å². The van der Waals surface area contributed by atoms with Crippen LogP contribution in [-0.2, 0) is 0 Å². The van der Waals surface area contributed by atoms with Gasteiger partial charge in [0, 0.05) is 30.7 Å². The predicted octanol–water partition coefficient (Wildman–Crippen LogP) is 1.73.